The number of aromatic nitrogens is 1. The first-order valence-electron chi connectivity index (χ1n) is 6.42. The van der Waals surface area contributed by atoms with Crippen molar-refractivity contribution in [3.05, 3.63) is 40.4 Å². The van der Waals surface area contributed by atoms with E-state index in [9.17, 15) is 4.79 Å². The van der Waals surface area contributed by atoms with E-state index in [1.165, 1.54) is 11.3 Å². The van der Waals surface area contributed by atoms with Crippen LogP contribution in [0.15, 0.2) is 23.6 Å². The second kappa shape index (κ2) is 6.05. The molecule has 0 aliphatic rings. The van der Waals surface area contributed by atoms with Crippen LogP contribution in [-0.2, 0) is 4.79 Å². The molecular formula is C15H18N2O2S. The topological polar surface area (TPSA) is 51.2 Å². The third-order valence-electron chi connectivity index (χ3n) is 2.87. The van der Waals surface area contributed by atoms with Gasteiger partial charge in [0, 0.05) is 5.38 Å². The molecule has 0 radical (unpaired) electrons. The predicted molar refractivity (Wildman–Crippen MR) is 81.5 cm³/mol. The highest BCUT2D eigenvalue weighted by molar-refractivity contribution is 7.13. The van der Waals surface area contributed by atoms with Gasteiger partial charge in [-0.3, -0.25) is 10.1 Å². The van der Waals surface area contributed by atoms with E-state index in [4.69, 9.17) is 4.74 Å². The maximum Gasteiger partial charge on any atom is 0.266 e. The first-order valence-corrected chi connectivity index (χ1v) is 7.30. The summed E-state index contributed by atoms with van der Waals surface area (Å²) in [6.07, 6.45) is -0.570. The lowest BCUT2D eigenvalue weighted by Crippen LogP contribution is -2.30. The van der Waals surface area contributed by atoms with Crippen molar-refractivity contribution in [3.8, 4) is 5.75 Å². The Morgan fingerprint density at radius 1 is 1.35 bits per heavy atom. The van der Waals surface area contributed by atoms with Crippen molar-refractivity contribution in [2.75, 3.05) is 5.32 Å². The van der Waals surface area contributed by atoms with Crippen molar-refractivity contribution in [2.24, 2.45) is 0 Å². The van der Waals surface area contributed by atoms with Gasteiger partial charge in [-0.15, -0.1) is 11.3 Å². The van der Waals surface area contributed by atoms with Gasteiger partial charge in [0.1, 0.15) is 5.75 Å². The maximum atomic E-state index is 12.1. The Balaban J connectivity index is 2.02. The average Bonchev–Trinajstić information content (AvgIpc) is 2.79. The normalized spacial score (nSPS) is 12.0. The van der Waals surface area contributed by atoms with Crippen LogP contribution in [0.2, 0.25) is 0 Å². The van der Waals surface area contributed by atoms with Crippen LogP contribution in [-0.4, -0.2) is 17.0 Å². The lowest BCUT2D eigenvalue weighted by atomic mass is 10.1. The number of rotatable bonds is 4. The average molecular weight is 290 g/mol. The molecule has 20 heavy (non-hydrogen) atoms. The number of benzene rings is 1. The van der Waals surface area contributed by atoms with Gasteiger partial charge >= 0.3 is 0 Å². The van der Waals surface area contributed by atoms with E-state index in [2.05, 4.69) is 10.3 Å². The van der Waals surface area contributed by atoms with Crippen LogP contribution in [0.1, 0.15) is 23.7 Å². The van der Waals surface area contributed by atoms with Crippen molar-refractivity contribution in [3.63, 3.8) is 0 Å². The van der Waals surface area contributed by atoms with E-state index in [0.717, 1.165) is 22.6 Å². The summed E-state index contributed by atoms with van der Waals surface area (Å²) < 4.78 is 5.73. The lowest BCUT2D eigenvalue weighted by molar-refractivity contribution is -0.122. The number of hydrogen-bond acceptors (Lipinski definition) is 4. The molecule has 1 aromatic heterocycles. The Kier molecular flexibility index (Phi) is 4.39. The number of carbonyl (C=O) groups is 1. The summed E-state index contributed by atoms with van der Waals surface area (Å²) >= 11 is 1.41. The van der Waals surface area contributed by atoms with Crippen molar-refractivity contribution in [2.45, 2.75) is 33.8 Å². The summed E-state index contributed by atoms with van der Waals surface area (Å²) in [6.45, 7) is 7.58. The van der Waals surface area contributed by atoms with Crippen molar-refractivity contribution in [1.82, 2.24) is 4.98 Å². The summed E-state index contributed by atoms with van der Waals surface area (Å²) in [5.74, 6) is 0.545. The first-order chi connectivity index (χ1) is 9.45. The molecule has 1 amide bonds. The molecular weight excluding hydrogens is 272 g/mol. The molecule has 1 atom stereocenters. The van der Waals surface area contributed by atoms with Crippen LogP contribution in [0.3, 0.4) is 0 Å². The summed E-state index contributed by atoms with van der Waals surface area (Å²) in [6, 6.07) is 5.94. The molecule has 0 aliphatic heterocycles. The number of amides is 1. The fourth-order valence-corrected chi connectivity index (χ4v) is 2.39. The highest BCUT2D eigenvalue weighted by atomic mass is 32.1. The van der Waals surface area contributed by atoms with E-state index in [-0.39, 0.29) is 5.91 Å². The quantitative estimate of drug-likeness (QED) is 0.938. The maximum absolute atomic E-state index is 12.1. The number of nitrogens with one attached hydrogen (secondary N) is 1. The fourth-order valence-electron chi connectivity index (χ4n) is 1.70. The van der Waals surface area contributed by atoms with E-state index in [1.807, 2.05) is 44.4 Å². The molecule has 2 rings (SSSR count). The van der Waals surface area contributed by atoms with Gasteiger partial charge in [0.15, 0.2) is 11.2 Å². The minimum absolute atomic E-state index is 0.194. The smallest absolute Gasteiger partial charge is 0.266 e. The Morgan fingerprint density at radius 3 is 2.75 bits per heavy atom. The lowest BCUT2D eigenvalue weighted by Gasteiger charge is -2.15. The molecule has 0 aliphatic carbocycles. The fraction of sp³-hybridized carbons (Fsp3) is 0.333. The van der Waals surface area contributed by atoms with Crippen molar-refractivity contribution in [1.29, 1.82) is 0 Å². The van der Waals surface area contributed by atoms with Gasteiger partial charge in [-0.05, 0) is 44.9 Å². The molecule has 106 valence electrons. The number of carbonyl (C=O) groups excluding carboxylic acids is 1. The number of nitrogens with zero attached hydrogens (tertiary/aromatic N) is 1. The molecule has 1 aromatic carbocycles. The zero-order valence-electron chi connectivity index (χ0n) is 12.1. The van der Waals surface area contributed by atoms with Crippen LogP contribution in [0.5, 0.6) is 5.75 Å². The summed E-state index contributed by atoms with van der Waals surface area (Å²) in [7, 11) is 0. The number of ether oxygens (including phenoxy) is 1. The van der Waals surface area contributed by atoms with Crippen LogP contribution in [0.4, 0.5) is 5.13 Å². The number of aryl methyl sites for hydroxylation is 3. The molecule has 0 unspecified atom stereocenters. The van der Waals surface area contributed by atoms with Crippen LogP contribution in [0.25, 0.3) is 0 Å². The second-order valence-electron chi connectivity index (χ2n) is 4.81. The molecule has 1 N–H and O–H groups in total. The third kappa shape index (κ3) is 3.57. The summed E-state index contributed by atoms with van der Waals surface area (Å²) in [4.78, 5) is 16.3. The molecule has 0 spiro atoms. The standard InChI is InChI=1S/C15H18N2O2S/c1-9-5-6-10(2)13(7-9)19-12(4)14(18)17-15-16-11(3)8-20-15/h5-8,12H,1-4H3,(H,16,17,18)/t12-/m0/s1. The zero-order valence-corrected chi connectivity index (χ0v) is 12.9. The van der Waals surface area contributed by atoms with Gasteiger partial charge in [-0.25, -0.2) is 4.98 Å². The molecule has 5 heteroatoms. The predicted octanol–water partition coefficient (Wildman–Crippen LogP) is 3.47. The third-order valence-corrected chi connectivity index (χ3v) is 3.74. The first kappa shape index (κ1) is 14.5. The Morgan fingerprint density at radius 2 is 2.10 bits per heavy atom. The minimum Gasteiger partial charge on any atom is -0.481 e. The van der Waals surface area contributed by atoms with Gasteiger partial charge in [-0.2, -0.15) is 0 Å². The zero-order chi connectivity index (χ0) is 14.7. The summed E-state index contributed by atoms with van der Waals surface area (Å²) in [5.41, 5.74) is 3.02. The van der Waals surface area contributed by atoms with Crippen LogP contribution in [0, 0.1) is 20.8 Å². The SMILES string of the molecule is Cc1ccc(C)c(O[C@@H](C)C(=O)Nc2nc(C)cs2)c1. The summed E-state index contributed by atoms with van der Waals surface area (Å²) in [5, 5.41) is 5.26. The van der Waals surface area contributed by atoms with Gasteiger partial charge in [-0.1, -0.05) is 12.1 Å². The van der Waals surface area contributed by atoms with E-state index < -0.39 is 6.10 Å². The van der Waals surface area contributed by atoms with E-state index >= 15 is 0 Å². The molecule has 1 heterocycles. The van der Waals surface area contributed by atoms with Crippen LogP contribution >= 0.6 is 11.3 Å². The Hall–Kier alpha value is -1.88. The number of thiazole rings is 1. The molecule has 4 nitrogen and oxygen atoms in total. The largest absolute Gasteiger partial charge is 0.481 e. The minimum atomic E-state index is -0.570. The van der Waals surface area contributed by atoms with Crippen LogP contribution < -0.4 is 10.1 Å². The van der Waals surface area contributed by atoms with Crippen molar-refractivity contribution < 1.29 is 9.53 Å². The Labute approximate surface area is 122 Å². The molecule has 2 aromatic rings. The molecule has 0 saturated heterocycles. The second-order valence-corrected chi connectivity index (χ2v) is 5.67. The van der Waals surface area contributed by atoms with Gasteiger partial charge in [0.25, 0.3) is 5.91 Å². The van der Waals surface area contributed by atoms with E-state index in [1.54, 1.807) is 6.92 Å². The Bertz CT molecular complexity index is 622. The van der Waals surface area contributed by atoms with E-state index in [0.29, 0.717) is 5.13 Å². The molecule has 0 fully saturated rings. The number of anilines is 1. The molecule has 0 bridgehead atoms. The van der Waals surface area contributed by atoms with Crippen molar-refractivity contribution >= 4 is 22.4 Å². The van der Waals surface area contributed by atoms with Gasteiger partial charge < -0.3 is 4.74 Å². The van der Waals surface area contributed by atoms with Gasteiger partial charge in [0.2, 0.25) is 0 Å². The number of hydrogen-bond donors (Lipinski definition) is 1. The monoisotopic (exact) mass is 290 g/mol. The highest BCUT2D eigenvalue weighted by Gasteiger charge is 2.17. The highest BCUT2D eigenvalue weighted by Crippen LogP contribution is 2.21. The molecule has 0 saturated carbocycles. The van der Waals surface area contributed by atoms with Gasteiger partial charge in [0.05, 0.1) is 5.69 Å².